The molecule has 0 aliphatic heterocycles. The second-order valence-electron chi connectivity index (χ2n) is 2.35. The van der Waals surface area contributed by atoms with Crippen LogP contribution in [0.15, 0.2) is 0 Å². The van der Waals surface area contributed by atoms with Gasteiger partial charge in [-0.15, -0.1) is 0 Å². The fourth-order valence-electron chi connectivity index (χ4n) is 0.948. The summed E-state index contributed by atoms with van der Waals surface area (Å²) in [6, 6.07) is 0. The fourth-order valence-corrected chi connectivity index (χ4v) is 0.948. The minimum absolute atomic E-state index is 0.914. The lowest BCUT2D eigenvalue weighted by atomic mass is 10.3. The molecule has 0 bridgehead atoms. The Morgan fingerprint density at radius 1 is 1.50 bits per heavy atom. The molecule has 2 heteroatoms. The van der Waals surface area contributed by atoms with Crippen molar-refractivity contribution in [3.8, 4) is 0 Å². The van der Waals surface area contributed by atoms with Crippen LogP contribution in [0.3, 0.4) is 0 Å². The maximum absolute atomic E-state index is 4.22. The lowest BCUT2D eigenvalue weighted by molar-refractivity contribution is 0.727. The smallest absolute Gasteiger partial charge is 0.0694 e. The lowest BCUT2D eigenvalue weighted by Gasteiger charge is -1.84. The van der Waals surface area contributed by atoms with Crippen molar-refractivity contribution in [2.75, 3.05) is 0 Å². The zero-order chi connectivity index (χ0) is 7.72. The zero-order valence-electron chi connectivity index (χ0n) is 6.52. The predicted octanol–water partition coefficient (Wildman–Crippen LogP) is -0.197. The summed E-state index contributed by atoms with van der Waals surface area (Å²) < 4.78 is 1.77. The van der Waals surface area contributed by atoms with E-state index < -0.39 is 0 Å². The lowest BCUT2D eigenvalue weighted by Crippen LogP contribution is -2.25. The Balaban J connectivity index is 3.47. The average Bonchev–Trinajstić information content (AvgIpc) is 2.17. The quantitative estimate of drug-likeness (QED) is 0.523. The predicted molar refractivity (Wildman–Crippen MR) is 42.9 cm³/mol. The van der Waals surface area contributed by atoms with Crippen LogP contribution in [0.2, 0.25) is 0 Å². The van der Waals surface area contributed by atoms with Gasteiger partial charge in [0, 0.05) is 12.3 Å². The van der Waals surface area contributed by atoms with E-state index in [4.69, 9.17) is 0 Å². The highest BCUT2D eigenvalue weighted by Gasteiger charge is 1.96. The maximum Gasteiger partial charge on any atom is 0.0694 e. The molecule has 0 aliphatic carbocycles. The van der Waals surface area contributed by atoms with Crippen LogP contribution in [0.25, 0.3) is 13.2 Å². The minimum Gasteiger partial charge on any atom is -0.268 e. The molecule has 1 aromatic rings. The summed E-state index contributed by atoms with van der Waals surface area (Å²) in [5.41, 5.74) is 1.05. The molecule has 0 unspecified atom stereocenters. The van der Waals surface area contributed by atoms with E-state index in [1.807, 2.05) is 7.05 Å². The van der Waals surface area contributed by atoms with Gasteiger partial charge in [0.1, 0.15) is 0 Å². The first-order valence-corrected chi connectivity index (χ1v) is 3.36. The molecule has 0 saturated heterocycles. The van der Waals surface area contributed by atoms with Crippen LogP contribution in [0.5, 0.6) is 0 Å². The molecule has 0 aliphatic rings. The third-order valence-electron chi connectivity index (χ3n) is 1.69. The molecule has 0 aromatic carbocycles. The third-order valence-corrected chi connectivity index (χ3v) is 1.69. The molecule has 0 radical (unpaired) electrons. The first kappa shape index (κ1) is 7.06. The van der Waals surface area contributed by atoms with Crippen LogP contribution in [-0.4, -0.2) is 9.78 Å². The highest BCUT2D eigenvalue weighted by atomic mass is 15.3. The highest BCUT2D eigenvalue weighted by Crippen LogP contribution is 1.80. The molecule has 1 aromatic heterocycles. The summed E-state index contributed by atoms with van der Waals surface area (Å²) in [6.07, 6.45) is 0.933. The Kier molecular flexibility index (Phi) is 1.62. The molecule has 54 valence electrons. The van der Waals surface area contributed by atoms with E-state index in [0.717, 1.165) is 22.7 Å². The van der Waals surface area contributed by atoms with Crippen LogP contribution in [-0.2, 0) is 13.5 Å². The van der Waals surface area contributed by atoms with Gasteiger partial charge in [0.25, 0.3) is 0 Å². The SMILES string of the molecule is C=c1c(CC)nn(C)c1=C. The fraction of sp³-hybridized carbons (Fsp3) is 0.375. The maximum atomic E-state index is 4.22. The van der Waals surface area contributed by atoms with Gasteiger partial charge < -0.3 is 0 Å². The van der Waals surface area contributed by atoms with Crippen molar-refractivity contribution >= 4 is 13.2 Å². The van der Waals surface area contributed by atoms with Gasteiger partial charge in [-0.25, -0.2) is 0 Å². The summed E-state index contributed by atoms with van der Waals surface area (Å²) in [4.78, 5) is 0. The number of hydrogen-bond donors (Lipinski definition) is 0. The number of hydrogen-bond acceptors (Lipinski definition) is 1. The topological polar surface area (TPSA) is 17.8 Å². The molecule has 0 atom stereocenters. The normalized spacial score (nSPS) is 10.2. The van der Waals surface area contributed by atoms with Crippen LogP contribution in [0, 0.1) is 0 Å². The summed E-state index contributed by atoms with van der Waals surface area (Å²) in [6.45, 7) is 9.76. The van der Waals surface area contributed by atoms with E-state index in [1.54, 1.807) is 4.68 Å². The molecule has 0 fully saturated rings. The monoisotopic (exact) mass is 136 g/mol. The molecule has 0 saturated carbocycles. The van der Waals surface area contributed by atoms with E-state index >= 15 is 0 Å². The Labute approximate surface area is 60.5 Å². The molecule has 2 nitrogen and oxygen atoms in total. The van der Waals surface area contributed by atoms with Gasteiger partial charge in [-0.3, -0.25) is 4.68 Å². The standard InChI is InChI=1S/C8H12N2/c1-5-8-6(2)7(3)10(4)9-8/h2-3,5H2,1,4H3. The van der Waals surface area contributed by atoms with E-state index in [-0.39, 0.29) is 0 Å². The van der Waals surface area contributed by atoms with Crippen molar-refractivity contribution in [1.29, 1.82) is 0 Å². The molecule has 1 rings (SSSR count). The average molecular weight is 136 g/mol. The van der Waals surface area contributed by atoms with Crippen molar-refractivity contribution in [2.24, 2.45) is 7.05 Å². The summed E-state index contributed by atoms with van der Waals surface area (Å²) in [5, 5.41) is 6.11. The van der Waals surface area contributed by atoms with Crippen molar-refractivity contribution < 1.29 is 0 Å². The van der Waals surface area contributed by atoms with Crippen molar-refractivity contribution in [2.45, 2.75) is 13.3 Å². The second-order valence-corrected chi connectivity index (χ2v) is 2.35. The van der Waals surface area contributed by atoms with Gasteiger partial charge in [0.2, 0.25) is 0 Å². The molecule has 0 spiro atoms. The van der Waals surface area contributed by atoms with Crippen LogP contribution in [0.4, 0.5) is 0 Å². The Hall–Kier alpha value is -1.05. The van der Waals surface area contributed by atoms with Gasteiger partial charge in [0.05, 0.1) is 11.0 Å². The van der Waals surface area contributed by atoms with E-state index in [2.05, 4.69) is 25.2 Å². The van der Waals surface area contributed by atoms with Gasteiger partial charge in [-0.2, -0.15) is 5.10 Å². The number of nitrogens with zero attached hydrogens (tertiary/aromatic N) is 2. The number of aromatic nitrogens is 2. The first-order valence-electron chi connectivity index (χ1n) is 3.36. The van der Waals surface area contributed by atoms with Gasteiger partial charge in [0.15, 0.2) is 0 Å². The molecule has 10 heavy (non-hydrogen) atoms. The number of rotatable bonds is 1. The number of aryl methyl sites for hydroxylation is 2. The Morgan fingerprint density at radius 2 is 2.10 bits per heavy atom. The van der Waals surface area contributed by atoms with Crippen LogP contribution < -0.4 is 10.6 Å². The molecule has 1 heterocycles. The molecule has 0 N–H and O–H groups in total. The zero-order valence-corrected chi connectivity index (χ0v) is 6.52. The van der Waals surface area contributed by atoms with Gasteiger partial charge >= 0.3 is 0 Å². The van der Waals surface area contributed by atoms with Crippen molar-refractivity contribution in [3.63, 3.8) is 0 Å². The van der Waals surface area contributed by atoms with Gasteiger partial charge in [-0.1, -0.05) is 20.1 Å². The molecule has 0 amide bonds. The third kappa shape index (κ3) is 0.856. The minimum atomic E-state index is 0.914. The Morgan fingerprint density at radius 3 is 2.30 bits per heavy atom. The summed E-state index contributed by atoms with van der Waals surface area (Å²) >= 11 is 0. The first-order chi connectivity index (χ1) is 4.66. The molecular weight excluding hydrogens is 124 g/mol. The van der Waals surface area contributed by atoms with Crippen molar-refractivity contribution in [1.82, 2.24) is 9.78 Å². The summed E-state index contributed by atoms with van der Waals surface area (Å²) in [5.74, 6) is 0. The van der Waals surface area contributed by atoms with Crippen molar-refractivity contribution in [3.05, 3.63) is 16.3 Å². The van der Waals surface area contributed by atoms with E-state index in [9.17, 15) is 0 Å². The Bertz CT molecular complexity index is 322. The van der Waals surface area contributed by atoms with Crippen LogP contribution >= 0.6 is 0 Å². The summed E-state index contributed by atoms with van der Waals surface area (Å²) in [7, 11) is 1.89. The van der Waals surface area contributed by atoms with E-state index in [1.165, 1.54) is 0 Å². The van der Waals surface area contributed by atoms with Gasteiger partial charge in [-0.05, 0) is 6.42 Å². The highest BCUT2D eigenvalue weighted by molar-refractivity contribution is 5.15. The second kappa shape index (κ2) is 2.29. The van der Waals surface area contributed by atoms with Crippen LogP contribution in [0.1, 0.15) is 12.6 Å². The largest absolute Gasteiger partial charge is 0.268 e. The van der Waals surface area contributed by atoms with E-state index in [0.29, 0.717) is 0 Å². The molecular formula is C8H12N2.